The van der Waals surface area contributed by atoms with E-state index in [0.29, 0.717) is 12.8 Å². The first-order chi connectivity index (χ1) is 7.56. The van der Waals surface area contributed by atoms with Gasteiger partial charge in [0.25, 0.3) is 0 Å². The van der Waals surface area contributed by atoms with Gasteiger partial charge in [0, 0.05) is 18.2 Å². The van der Waals surface area contributed by atoms with Gasteiger partial charge < -0.3 is 11.1 Å². The van der Waals surface area contributed by atoms with Gasteiger partial charge in [-0.1, -0.05) is 12.1 Å². The van der Waals surface area contributed by atoms with E-state index in [4.69, 9.17) is 5.73 Å². The average Bonchev–Trinajstić information content (AvgIpc) is 2.55. The van der Waals surface area contributed by atoms with Crippen LogP contribution >= 0.6 is 0 Å². The lowest BCUT2D eigenvalue weighted by molar-refractivity contribution is -0.117. The van der Waals surface area contributed by atoms with E-state index in [2.05, 4.69) is 5.32 Å². The molecule has 4 nitrogen and oxygen atoms in total. The van der Waals surface area contributed by atoms with Crippen LogP contribution in [-0.4, -0.2) is 11.7 Å². The molecule has 1 atom stereocenters. The zero-order valence-corrected chi connectivity index (χ0v) is 9.12. The van der Waals surface area contributed by atoms with Crippen molar-refractivity contribution in [2.75, 3.05) is 5.32 Å². The quantitative estimate of drug-likeness (QED) is 0.799. The topological polar surface area (TPSA) is 72.2 Å². The third-order valence-corrected chi connectivity index (χ3v) is 2.69. The van der Waals surface area contributed by atoms with Crippen molar-refractivity contribution in [2.45, 2.75) is 25.8 Å². The number of nitrogens with one attached hydrogen (secondary N) is 1. The van der Waals surface area contributed by atoms with E-state index in [0.717, 1.165) is 16.8 Å². The fourth-order valence-electron chi connectivity index (χ4n) is 1.91. The van der Waals surface area contributed by atoms with E-state index in [1.807, 2.05) is 18.2 Å². The maximum Gasteiger partial charge on any atom is 0.228 e. The summed E-state index contributed by atoms with van der Waals surface area (Å²) in [5.74, 6) is 0.0782. The summed E-state index contributed by atoms with van der Waals surface area (Å²) in [6, 6.07) is 5.33. The van der Waals surface area contributed by atoms with Gasteiger partial charge in [-0.05, 0) is 24.1 Å². The first-order valence-electron chi connectivity index (χ1n) is 5.24. The molecule has 1 aromatic carbocycles. The summed E-state index contributed by atoms with van der Waals surface area (Å²) >= 11 is 0. The maximum atomic E-state index is 11.2. The Morgan fingerprint density at radius 2 is 2.31 bits per heavy atom. The number of fused-ring (bicyclic) bond motifs is 1. The van der Waals surface area contributed by atoms with E-state index in [-0.39, 0.29) is 17.7 Å². The summed E-state index contributed by atoms with van der Waals surface area (Å²) in [5, 5.41) is 2.76. The summed E-state index contributed by atoms with van der Waals surface area (Å²) in [5.41, 5.74) is 8.62. The molecule has 0 spiro atoms. The molecule has 0 saturated heterocycles. The fraction of sp³-hybridized carbons (Fsp3) is 0.333. The predicted molar refractivity (Wildman–Crippen MR) is 61.0 cm³/mol. The van der Waals surface area contributed by atoms with Gasteiger partial charge in [-0.15, -0.1) is 0 Å². The molecule has 0 aromatic heterocycles. The minimum atomic E-state index is -0.279. The van der Waals surface area contributed by atoms with Crippen molar-refractivity contribution in [3.05, 3.63) is 29.3 Å². The van der Waals surface area contributed by atoms with Gasteiger partial charge in [-0.3, -0.25) is 9.59 Å². The first-order valence-corrected chi connectivity index (χ1v) is 5.24. The van der Waals surface area contributed by atoms with Crippen LogP contribution in [0.2, 0.25) is 0 Å². The zero-order chi connectivity index (χ0) is 11.7. The largest absolute Gasteiger partial charge is 0.326 e. The molecule has 1 aromatic rings. The third kappa shape index (κ3) is 2.12. The Bertz CT molecular complexity index is 454. The van der Waals surface area contributed by atoms with E-state index >= 15 is 0 Å². The van der Waals surface area contributed by atoms with Crippen LogP contribution in [0.3, 0.4) is 0 Å². The van der Waals surface area contributed by atoms with Crippen LogP contribution in [0.5, 0.6) is 0 Å². The number of rotatable bonds is 3. The normalized spacial score (nSPS) is 15.5. The number of carbonyl (C=O) groups excluding carboxylic acids is 2. The Balaban J connectivity index is 2.22. The molecule has 0 fully saturated rings. The van der Waals surface area contributed by atoms with Crippen molar-refractivity contribution in [1.82, 2.24) is 0 Å². The lowest BCUT2D eigenvalue weighted by Gasteiger charge is -2.11. The second-order valence-corrected chi connectivity index (χ2v) is 4.15. The van der Waals surface area contributed by atoms with Crippen molar-refractivity contribution in [2.24, 2.45) is 5.73 Å². The smallest absolute Gasteiger partial charge is 0.228 e. The second-order valence-electron chi connectivity index (χ2n) is 4.15. The number of hydrogen-bond donors (Lipinski definition) is 2. The van der Waals surface area contributed by atoms with Crippen LogP contribution in [-0.2, 0) is 16.0 Å². The summed E-state index contributed by atoms with van der Waals surface area (Å²) in [6.07, 6.45) is 0.732. The monoisotopic (exact) mass is 218 g/mol. The molecular formula is C12H14N2O2. The molecule has 0 aliphatic carbocycles. The molecule has 1 unspecified atom stereocenters. The Morgan fingerprint density at radius 3 is 3.00 bits per heavy atom. The molecule has 2 rings (SSSR count). The minimum absolute atomic E-state index is 0.00675. The van der Waals surface area contributed by atoms with Gasteiger partial charge in [-0.2, -0.15) is 0 Å². The average molecular weight is 218 g/mol. The summed E-state index contributed by atoms with van der Waals surface area (Å²) in [6.45, 7) is 1.53. The molecule has 4 heteroatoms. The molecular weight excluding hydrogens is 204 g/mol. The zero-order valence-electron chi connectivity index (χ0n) is 9.12. The Kier molecular flexibility index (Phi) is 2.75. The summed E-state index contributed by atoms with van der Waals surface area (Å²) in [7, 11) is 0. The number of carbonyl (C=O) groups is 2. The number of ketones is 1. The Morgan fingerprint density at radius 1 is 1.56 bits per heavy atom. The fourth-order valence-corrected chi connectivity index (χ4v) is 1.91. The van der Waals surface area contributed by atoms with Crippen LogP contribution < -0.4 is 11.1 Å². The highest BCUT2D eigenvalue weighted by atomic mass is 16.1. The second kappa shape index (κ2) is 4.06. The number of nitrogens with two attached hydrogens (primary N) is 1. The van der Waals surface area contributed by atoms with Crippen LogP contribution in [0.15, 0.2) is 18.2 Å². The summed E-state index contributed by atoms with van der Waals surface area (Å²) < 4.78 is 0. The van der Waals surface area contributed by atoms with E-state index in [9.17, 15) is 9.59 Å². The molecule has 3 N–H and O–H groups in total. The lowest BCUT2D eigenvalue weighted by Crippen LogP contribution is -2.13. The molecule has 1 heterocycles. The predicted octanol–water partition coefficient (Wildman–Crippen LogP) is 1.16. The molecule has 1 aliphatic heterocycles. The van der Waals surface area contributed by atoms with E-state index in [1.165, 1.54) is 6.92 Å². The highest BCUT2D eigenvalue weighted by Crippen LogP contribution is 2.26. The standard InChI is InChI=1S/C12H14N2O2/c1-7(15)4-10(13)8-2-3-11-9(5-8)6-12(16)14-11/h2-3,5,10H,4,6,13H2,1H3,(H,14,16). The molecule has 16 heavy (non-hydrogen) atoms. The van der Waals surface area contributed by atoms with E-state index in [1.54, 1.807) is 0 Å². The molecule has 0 saturated carbocycles. The third-order valence-electron chi connectivity index (χ3n) is 2.69. The van der Waals surface area contributed by atoms with Crippen molar-refractivity contribution in [1.29, 1.82) is 0 Å². The maximum absolute atomic E-state index is 11.2. The van der Waals surface area contributed by atoms with Gasteiger partial charge in [0.05, 0.1) is 6.42 Å². The van der Waals surface area contributed by atoms with Crippen LogP contribution in [0.4, 0.5) is 5.69 Å². The van der Waals surface area contributed by atoms with Crippen molar-refractivity contribution >= 4 is 17.4 Å². The number of benzene rings is 1. The Labute approximate surface area is 93.8 Å². The number of amides is 1. The van der Waals surface area contributed by atoms with Gasteiger partial charge in [0.15, 0.2) is 0 Å². The van der Waals surface area contributed by atoms with Crippen LogP contribution in [0.1, 0.15) is 30.5 Å². The van der Waals surface area contributed by atoms with Crippen molar-refractivity contribution in [3.8, 4) is 0 Å². The molecule has 0 bridgehead atoms. The van der Waals surface area contributed by atoms with Gasteiger partial charge >= 0.3 is 0 Å². The highest BCUT2D eigenvalue weighted by molar-refractivity contribution is 5.99. The lowest BCUT2D eigenvalue weighted by atomic mass is 9.99. The minimum Gasteiger partial charge on any atom is -0.326 e. The summed E-state index contributed by atoms with van der Waals surface area (Å²) in [4.78, 5) is 22.1. The van der Waals surface area contributed by atoms with E-state index < -0.39 is 0 Å². The van der Waals surface area contributed by atoms with Gasteiger partial charge in [0.1, 0.15) is 5.78 Å². The number of anilines is 1. The number of hydrogen-bond acceptors (Lipinski definition) is 3. The molecule has 1 aliphatic rings. The SMILES string of the molecule is CC(=O)CC(N)c1ccc2c(c1)CC(=O)N2. The molecule has 1 amide bonds. The molecule has 84 valence electrons. The number of Topliss-reactive ketones (excluding diaryl/α,β-unsaturated/α-hetero) is 1. The first kappa shape index (κ1) is 10.8. The van der Waals surface area contributed by atoms with Crippen molar-refractivity contribution in [3.63, 3.8) is 0 Å². The van der Waals surface area contributed by atoms with Crippen LogP contribution in [0, 0.1) is 0 Å². The van der Waals surface area contributed by atoms with Gasteiger partial charge in [0.2, 0.25) is 5.91 Å². The highest BCUT2D eigenvalue weighted by Gasteiger charge is 2.19. The van der Waals surface area contributed by atoms with Crippen molar-refractivity contribution < 1.29 is 9.59 Å². The molecule has 0 radical (unpaired) electrons. The Hall–Kier alpha value is -1.68. The van der Waals surface area contributed by atoms with Gasteiger partial charge in [-0.25, -0.2) is 0 Å². The van der Waals surface area contributed by atoms with Crippen LogP contribution in [0.25, 0.3) is 0 Å².